The van der Waals surface area contributed by atoms with E-state index in [2.05, 4.69) is 32.6 Å². The van der Waals surface area contributed by atoms with E-state index in [1.807, 2.05) is 4.90 Å². The monoisotopic (exact) mass is 313 g/mol. The molecular weight excluding hydrogens is 282 g/mol. The minimum atomic E-state index is -0.267. The van der Waals surface area contributed by atoms with E-state index in [1.54, 1.807) is 0 Å². The summed E-state index contributed by atoms with van der Waals surface area (Å²) in [6.45, 7) is 11.7. The lowest BCUT2D eigenvalue weighted by Gasteiger charge is -2.44. The summed E-state index contributed by atoms with van der Waals surface area (Å²) < 4.78 is 0. The van der Waals surface area contributed by atoms with Gasteiger partial charge in [-0.15, -0.1) is 0 Å². The third-order valence-corrected chi connectivity index (χ3v) is 5.23. The molecule has 1 fully saturated rings. The van der Waals surface area contributed by atoms with Gasteiger partial charge in [-0.05, 0) is 26.7 Å². The predicted octanol–water partition coefficient (Wildman–Crippen LogP) is 2.41. The van der Waals surface area contributed by atoms with Crippen molar-refractivity contribution in [1.82, 2.24) is 9.80 Å². The molecule has 1 rings (SSSR count). The van der Waals surface area contributed by atoms with Crippen molar-refractivity contribution in [3.63, 3.8) is 0 Å². The average Bonchev–Trinajstić information content (AvgIpc) is 2.47. The van der Waals surface area contributed by atoms with Crippen LogP contribution in [0.1, 0.15) is 53.4 Å². The van der Waals surface area contributed by atoms with Crippen molar-refractivity contribution in [3.05, 3.63) is 0 Å². The minimum Gasteiger partial charge on any atom is -0.392 e. The summed E-state index contributed by atoms with van der Waals surface area (Å²) in [6, 6.07) is 0. The number of carbonyl (C=O) groups is 1. The van der Waals surface area contributed by atoms with E-state index in [4.69, 9.17) is 18.0 Å². The predicted molar refractivity (Wildman–Crippen MR) is 92.3 cm³/mol. The van der Waals surface area contributed by atoms with Crippen molar-refractivity contribution in [1.29, 1.82) is 0 Å². The highest BCUT2D eigenvalue weighted by Crippen LogP contribution is 2.21. The fourth-order valence-electron chi connectivity index (χ4n) is 2.85. The Hall–Kier alpha value is -0.680. The lowest BCUT2D eigenvalue weighted by atomic mass is 9.97. The van der Waals surface area contributed by atoms with Gasteiger partial charge in [0.1, 0.15) is 0 Å². The van der Waals surface area contributed by atoms with Gasteiger partial charge in [0.05, 0.1) is 10.5 Å². The molecule has 0 aliphatic carbocycles. The molecule has 0 aromatic carbocycles. The van der Waals surface area contributed by atoms with Crippen molar-refractivity contribution in [2.45, 2.75) is 58.9 Å². The molecule has 0 bridgehead atoms. The molecule has 0 aromatic heterocycles. The SMILES string of the molecule is CCCCC(CC)C(=O)N1CCN(C(C)(C)C(N)=S)CC1. The maximum Gasteiger partial charge on any atom is 0.225 e. The maximum absolute atomic E-state index is 12.6. The van der Waals surface area contributed by atoms with Gasteiger partial charge in [0.15, 0.2) is 0 Å². The van der Waals surface area contributed by atoms with Crippen LogP contribution in [-0.2, 0) is 4.79 Å². The third-order valence-electron chi connectivity index (χ3n) is 4.73. The van der Waals surface area contributed by atoms with Crippen molar-refractivity contribution < 1.29 is 4.79 Å². The molecule has 1 aliphatic heterocycles. The standard InChI is InChI=1S/C16H31N3OS/c1-5-7-8-13(6-2)14(20)18-9-11-19(12-10-18)16(3,4)15(17)21/h13H,5-12H2,1-4H3,(H2,17,21). The lowest BCUT2D eigenvalue weighted by molar-refractivity contribution is -0.138. The molecule has 122 valence electrons. The molecule has 4 nitrogen and oxygen atoms in total. The zero-order chi connectivity index (χ0) is 16.0. The Morgan fingerprint density at radius 2 is 1.81 bits per heavy atom. The average molecular weight is 314 g/mol. The molecule has 1 atom stereocenters. The van der Waals surface area contributed by atoms with Gasteiger partial charge >= 0.3 is 0 Å². The van der Waals surface area contributed by atoms with E-state index in [0.29, 0.717) is 10.9 Å². The van der Waals surface area contributed by atoms with Crippen LogP contribution >= 0.6 is 12.2 Å². The Balaban J connectivity index is 2.55. The van der Waals surface area contributed by atoms with Crippen LogP contribution in [0.5, 0.6) is 0 Å². The van der Waals surface area contributed by atoms with Crippen LogP contribution in [0.4, 0.5) is 0 Å². The second-order valence-electron chi connectivity index (χ2n) is 6.48. The van der Waals surface area contributed by atoms with Gasteiger partial charge in [0.2, 0.25) is 5.91 Å². The maximum atomic E-state index is 12.6. The van der Waals surface area contributed by atoms with E-state index in [1.165, 1.54) is 0 Å². The molecule has 5 heteroatoms. The molecule has 2 N–H and O–H groups in total. The van der Waals surface area contributed by atoms with Gasteiger partial charge < -0.3 is 10.6 Å². The van der Waals surface area contributed by atoms with Crippen LogP contribution in [0.15, 0.2) is 0 Å². The second-order valence-corrected chi connectivity index (χ2v) is 6.92. The van der Waals surface area contributed by atoms with Crippen LogP contribution in [0.25, 0.3) is 0 Å². The number of rotatable bonds is 7. The van der Waals surface area contributed by atoms with Crippen LogP contribution in [-0.4, -0.2) is 52.4 Å². The van der Waals surface area contributed by atoms with Crippen molar-refractivity contribution in [2.24, 2.45) is 11.7 Å². The number of nitrogens with two attached hydrogens (primary N) is 1. The first kappa shape index (κ1) is 18.4. The summed E-state index contributed by atoms with van der Waals surface area (Å²) in [5.41, 5.74) is 5.56. The Bertz CT molecular complexity index is 363. The minimum absolute atomic E-state index is 0.195. The summed E-state index contributed by atoms with van der Waals surface area (Å²) >= 11 is 5.16. The van der Waals surface area contributed by atoms with Crippen molar-refractivity contribution in [3.8, 4) is 0 Å². The van der Waals surface area contributed by atoms with Gasteiger partial charge in [-0.25, -0.2) is 0 Å². The zero-order valence-electron chi connectivity index (χ0n) is 14.0. The van der Waals surface area contributed by atoms with Crippen molar-refractivity contribution in [2.75, 3.05) is 26.2 Å². The van der Waals surface area contributed by atoms with Crippen LogP contribution in [0.3, 0.4) is 0 Å². The molecule has 1 unspecified atom stereocenters. The van der Waals surface area contributed by atoms with Gasteiger partial charge in [-0.2, -0.15) is 0 Å². The first-order valence-electron chi connectivity index (χ1n) is 8.18. The number of hydrogen-bond donors (Lipinski definition) is 1. The smallest absolute Gasteiger partial charge is 0.225 e. The normalized spacial score (nSPS) is 18.6. The molecule has 0 radical (unpaired) electrons. The second kappa shape index (κ2) is 8.08. The summed E-state index contributed by atoms with van der Waals surface area (Å²) in [7, 11) is 0. The first-order chi connectivity index (χ1) is 9.84. The number of unbranched alkanes of at least 4 members (excludes halogenated alkanes) is 1. The zero-order valence-corrected chi connectivity index (χ0v) is 14.8. The van der Waals surface area contributed by atoms with Crippen LogP contribution in [0.2, 0.25) is 0 Å². The van der Waals surface area contributed by atoms with Gasteiger partial charge in [-0.1, -0.05) is 38.9 Å². The fourth-order valence-corrected chi connectivity index (χ4v) is 2.98. The number of thiocarbonyl (C=S) groups is 1. The summed E-state index contributed by atoms with van der Waals surface area (Å²) in [5, 5.41) is 0. The first-order valence-corrected chi connectivity index (χ1v) is 8.59. The van der Waals surface area contributed by atoms with E-state index in [9.17, 15) is 4.79 Å². The van der Waals surface area contributed by atoms with E-state index >= 15 is 0 Å². The lowest BCUT2D eigenvalue weighted by Crippen LogP contribution is -2.60. The third kappa shape index (κ3) is 4.65. The molecule has 0 spiro atoms. The Kier molecular flexibility index (Phi) is 7.07. The Labute approximate surface area is 135 Å². The summed E-state index contributed by atoms with van der Waals surface area (Å²) in [6.07, 6.45) is 4.25. The van der Waals surface area contributed by atoms with Crippen LogP contribution < -0.4 is 5.73 Å². The molecule has 1 amide bonds. The van der Waals surface area contributed by atoms with E-state index < -0.39 is 0 Å². The Morgan fingerprint density at radius 1 is 1.24 bits per heavy atom. The number of hydrogen-bond acceptors (Lipinski definition) is 3. The summed E-state index contributed by atoms with van der Waals surface area (Å²) in [5.74, 6) is 0.527. The molecule has 21 heavy (non-hydrogen) atoms. The van der Waals surface area contributed by atoms with Crippen LogP contribution in [0, 0.1) is 5.92 Å². The fraction of sp³-hybridized carbons (Fsp3) is 0.875. The summed E-state index contributed by atoms with van der Waals surface area (Å²) in [4.78, 5) is 17.4. The number of carbonyl (C=O) groups excluding carboxylic acids is 1. The molecule has 0 aromatic rings. The Morgan fingerprint density at radius 3 is 2.24 bits per heavy atom. The quantitative estimate of drug-likeness (QED) is 0.733. The highest BCUT2D eigenvalue weighted by Gasteiger charge is 2.34. The molecule has 1 heterocycles. The van der Waals surface area contributed by atoms with E-state index in [0.717, 1.165) is 51.9 Å². The topological polar surface area (TPSA) is 49.6 Å². The number of amides is 1. The highest BCUT2D eigenvalue weighted by molar-refractivity contribution is 7.80. The molecule has 0 saturated carbocycles. The van der Waals surface area contributed by atoms with Gasteiger partial charge in [-0.3, -0.25) is 9.69 Å². The largest absolute Gasteiger partial charge is 0.392 e. The van der Waals surface area contributed by atoms with E-state index in [-0.39, 0.29) is 11.5 Å². The van der Waals surface area contributed by atoms with Gasteiger partial charge in [0.25, 0.3) is 0 Å². The van der Waals surface area contributed by atoms with Crippen molar-refractivity contribution >= 4 is 23.1 Å². The molecule has 1 aliphatic rings. The number of piperazine rings is 1. The molecule has 1 saturated heterocycles. The highest BCUT2D eigenvalue weighted by atomic mass is 32.1. The molecular formula is C16H31N3OS. The number of nitrogens with zero attached hydrogens (tertiary/aromatic N) is 2. The van der Waals surface area contributed by atoms with Gasteiger partial charge in [0, 0.05) is 32.1 Å².